The van der Waals surface area contributed by atoms with Gasteiger partial charge in [-0.15, -0.1) is 0 Å². The van der Waals surface area contributed by atoms with Crippen molar-refractivity contribution in [3.63, 3.8) is 0 Å². The fourth-order valence-corrected chi connectivity index (χ4v) is 4.27. The number of nitrogens with zero attached hydrogens (tertiary/aromatic N) is 1. The van der Waals surface area contributed by atoms with Crippen LogP contribution in [0.5, 0.6) is 5.75 Å². The molecule has 0 spiro atoms. The Balaban J connectivity index is 1.87. The summed E-state index contributed by atoms with van der Waals surface area (Å²) in [4.78, 5) is 14.5. The van der Waals surface area contributed by atoms with Gasteiger partial charge in [0, 0.05) is 19.5 Å². The number of ether oxygens (including phenoxy) is 1. The molecule has 7 nitrogen and oxygen atoms in total. The molecular formula is C24H35N3O4S. The number of carbonyl (C=O) groups excluding carboxylic acids is 1. The van der Waals surface area contributed by atoms with Crippen LogP contribution in [0.1, 0.15) is 44.4 Å². The predicted octanol–water partition coefficient (Wildman–Crippen LogP) is 3.08. The van der Waals surface area contributed by atoms with Gasteiger partial charge in [0.1, 0.15) is 5.75 Å². The molecule has 1 unspecified atom stereocenters. The van der Waals surface area contributed by atoms with E-state index < -0.39 is 10.0 Å². The smallest absolute Gasteiger partial charge is 0.240 e. The van der Waals surface area contributed by atoms with Crippen LogP contribution in [0.2, 0.25) is 0 Å². The Kier molecular flexibility index (Phi) is 8.83. The summed E-state index contributed by atoms with van der Waals surface area (Å²) >= 11 is 0. The van der Waals surface area contributed by atoms with Gasteiger partial charge >= 0.3 is 0 Å². The molecule has 0 aliphatic rings. The lowest BCUT2D eigenvalue weighted by Gasteiger charge is -2.25. The van der Waals surface area contributed by atoms with Crippen LogP contribution in [0.4, 0.5) is 0 Å². The highest BCUT2D eigenvalue weighted by Crippen LogP contribution is 2.23. The number of benzene rings is 2. The summed E-state index contributed by atoms with van der Waals surface area (Å²) in [5.41, 5.74) is 2.06. The summed E-state index contributed by atoms with van der Waals surface area (Å²) in [6, 6.07) is 14.5. The topological polar surface area (TPSA) is 87.7 Å². The zero-order valence-corrected chi connectivity index (χ0v) is 20.6. The Morgan fingerprint density at radius 3 is 2.12 bits per heavy atom. The first-order chi connectivity index (χ1) is 14.9. The molecule has 2 rings (SSSR count). The number of amides is 1. The maximum absolute atomic E-state index is 12.5. The van der Waals surface area contributed by atoms with Crippen molar-refractivity contribution >= 4 is 15.9 Å². The van der Waals surface area contributed by atoms with E-state index in [9.17, 15) is 13.2 Å². The van der Waals surface area contributed by atoms with Gasteiger partial charge < -0.3 is 15.0 Å². The standard InChI is InChI=1S/C24H35N3O4S/c1-24(2,3)19-9-13-21(14-10-19)32(29,30)26-16-15-23(28)25-17-22(27(4)5)18-7-11-20(31-6)12-8-18/h7-14,22,26H,15-17H2,1-6H3,(H,25,28). The van der Waals surface area contributed by atoms with Crippen molar-refractivity contribution in [1.82, 2.24) is 14.9 Å². The third-order valence-electron chi connectivity index (χ3n) is 5.29. The number of carbonyl (C=O) groups is 1. The molecule has 2 aromatic rings. The van der Waals surface area contributed by atoms with E-state index in [4.69, 9.17) is 4.74 Å². The molecule has 2 N–H and O–H groups in total. The summed E-state index contributed by atoms with van der Waals surface area (Å²) in [6.07, 6.45) is 0.0576. The summed E-state index contributed by atoms with van der Waals surface area (Å²) < 4.78 is 32.7. The number of sulfonamides is 1. The van der Waals surface area contributed by atoms with Gasteiger partial charge in [0.05, 0.1) is 18.0 Å². The van der Waals surface area contributed by atoms with Crippen LogP contribution in [-0.2, 0) is 20.2 Å². The lowest BCUT2D eigenvalue weighted by molar-refractivity contribution is -0.121. The van der Waals surface area contributed by atoms with E-state index in [1.54, 1.807) is 19.2 Å². The zero-order valence-electron chi connectivity index (χ0n) is 19.8. The van der Waals surface area contributed by atoms with Gasteiger partial charge in [-0.25, -0.2) is 13.1 Å². The molecule has 1 atom stereocenters. The zero-order chi connectivity index (χ0) is 23.9. The second-order valence-electron chi connectivity index (χ2n) is 8.98. The first-order valence-electron chi connectivity index (χ1n) is 10.6. The Hall–Kier alpha value is -2.42. The van der Waals surface area contributed by atoms with Gasteiger partial charge in [0.15, 0.2) is 0 Å². The van der Waals surface area contributed by atoms with E-state index in [0.29, 0.717) is 6.54 Å². The molecule has 0 aromatic heterocycles. The quantitative estimate of drug-likeness (QED) is 0.568. The second kappa shape index (κ2) is 10.9. The number of hydrogen-bond donors (Lipinski definition) is 2. The first kappa shape index (κ1) is 25.8. The SMILES string of the molecule is COc1ccc(C(CNC(=O)CCNS(=O)(=O)c2ccc(C(C)(C)C)cc2)N(C)C)cc1. The van der Waals surface area contributed by atoms with Crippen molar-refractivity contribution in [2.24, 2.45) is 0 Å². The Labute approximate surface area is 192 Å². The van der Waals surface area contributed by atoms with Crippen LogP contribution in [0, 0.1) is 0 Å². The number of methoxy groups -OCH3 is 1. The molecule has 0 saturated heterocycles. The average Bonchev–Trinajstić information content (AvgIpc) is 2.73. The maximum Gasteiger partial charge on any atom is 0.240 e. The predicted molar refractivity (Wildman–Crippen MR) is 127 cm³/mol. The van der Waals surface area contributed by atoms with Crippen molar-refractivity contribution in [2.45, 2.75) is 43.5 Å². The van der Waals surface area contributed by atoms with Crippen LogP contribution in [0.25, 0.3) is 0 Å². The number of nitrogens with one attached hydrogen (secondary N) is 2. The molecule has 1 amide bonds. The van der Waals surface area contributed by atoms with Gasteiger partial charge in [-0.1, -0.05) is 45.0 Å². The third kappa shape index (κ3) is 7.32. The number of likely N-dealkylation sites (N-methyl/N-ethyl adjacent to an activating group) is 1. The van der Waals surface area contributed by atoms with Gasteiger partial charge in [0.25, 0.3) is 0 Å². The molecule has 32 heavy (non-hydrogen) atoms. The van der Waals surface area contributed by atoms with Gasteiger partial charge in [0.2, 0.25) is 15.9 Å². The largest absolute Gasteiger partial charge is 0.497 e. The fourth-order valence-electron chi connectivity index (χ4n) is 3.24. The minimum absolute atomic E-state index is 0.0112. The van der Waals surface area contributed by atoms with Crippen molar-refractivity contribution in [3.8, 4) is 5.75 Å². The molecule has 0 heterocycles. The molecule has 8 heteroatoms. The van der Waals surface area contributed by atoms with Crippen LogP contribution < -0.4 is 14.8 Å². The van der Waals surface area contributed by atoms with Crippen molar-refractivity contribution in [2.75, 3.05) is 34.3 Å². The Morgan fingerprint density at radius 2 is 1.62 bits per heavy atom. The monoisotopic (exact) mass is 461 g/mol. The number of rotatable bonds is 10. The van der Waals surface area contributed by atoms with Crippen molar-refractivity contribution in [3.05, 3.63) is 59.7 Å². The normalized spacial score (nSPS) is 13.1. The van der Waals surface area contributed by atoms with Gasteiger partial charge in [-0.05, 0) is 54.9 Å². The van der Waals surface area contributed by atoms with Crippen molar-refractivity contribution < 1.29 is 17.9 Å². The average molecular weight is 462 g/mol. The van der Waals surface area contributed by atoms with Crippen LogP contribution in [0.3, 0.4) is 0 Å². The molecule has 0 radical (unpaired) electrons. The van der Waals surface area contributed by atoms with E-state index >= 15 is 0 Å². The second-order valence-corrected chi connectivity index (χ2v) is 10.7. The molecular weight excluding hydrogens is 426 g/mol. The molecule has 0 fully saturated rings. The summed E-state index contributed by atoms with van der Waals surface area (Å²) in [7, 11) is 1.85. The summed E-state index contributed by atoms with van der Waals surface area (Å²) in [5, 5.41) is 2.89. The third-order valence-corrected chi connectivity index (χ3v) is 6.77. The Bertz CT molecular complexity index is 979. The first-order valence-corrected chi connectivity index (χ1v) is 12.1. The number of hydrogen-bond acceptors (Lipinski definition) is 5. The highest BCUT2D eigenvalue weighted by atomic mass is 32.2. The maximum atomic E-state index is 12.5. The van der Waals surface area contributed by atoms with Gasteiger partial charge in [-0.2, -0.15) is 0 Å². The molecule has 0 bridgehead atoms. The minimum atomic E-state index is -3.66. The van der Waals surface area contributed by atoms with E-state index in [-0.39, 0.29) is 35.2 Å². The van der Waals surface area contributed by atoms with Crippen LogP contribution >= 0.6 is 0 Å². The van der Waals surface area contributed by atoms with E-state index in [1.165, 1.54) is 0 Å². The lowest BCUT2D eigenvalue weighted by Crippen LogP contribution is -2.36. The van der Waals surface area contributed by atoms with Crippen molar-refractivity contribution in [1.29, 1.82) is 0 Å². The molecule has 2 aromatic carbocycles. The molecule has 0 aliphatic heterocycles. The van der Waals surface area contributed by atoms with E-state index in [1.807, 2.05) is 55.4 Å². The molecule has 176 valence electrons. The van der Waals surface area contributed by atoms with Gasteiger partial charge in [-0.3, -0.25) is 4.79 Å². The Morgan fingerprint density at radius 1 is 1.03 bits per heavy atom. The molecule has 0 aliphatic carbocycles. The summed E-state index contributed by atoms with van der Waals surface area (Å²) in [6.45, 7) is 6.66. The van der Waals surface area contributed by atoms with Crippen LogP contribution in [-0.4, -0.2) is 53.5 Å². The summed E-state index contributed by atoms with van der Waals surface area (Å²) in [5.74, 6) is 0.562. The minimum Gasteiger partial charge on any atom is -0.497 e. The highest BCUT2D eigenvalue weighted by molar-refractivity contribution is 7.89. The van der Waals surface area contributed by atoms with E-state index in [0.717, 1.165) is 16.9 Å². The fraction of sp³-hybridized carbons (Fsp3) is 0.458. The molecule has 0 saturated carbocycles. The van der Waals surface area contributed by atoms with E-state index in [2.05, 4.69) is 30.8 Å². The lowest BCUT2D eigenvalue weighted by atomic mass is 9.87. The van der Waals surface area contributed by atoms with Crippen LogP contribution in [0.15, 0.2) is 53.4 Å². The highest BCUT2D eigenvalue weighted by Gasteiger charge is 2.19.